The molecule has 0 saturated heterocycles. The van der Waals surface area contributed by atoms with Crippen molar-refractivity contribution >= 4 is 23.5 Å². The number of anilines is 1. The van der Waals surface area contributed by atoms with Crippen LogP contribution in [0.3, 0.4) is 0 Å². The number of benzene rings is 2. The van der Waals surface area contributed by atoms with Crippen LogP contribution in [0.25, 0.3) is 0 Å². The Hall–Kier alpha value is -3.33. The maximum absolute atomic E-state index is 13.1. The summed E-state index contributed by atoms with van der Waals surface area (Å²) in [5.41, 5.74) is 1.58. The molecule has 2 aromatic carbocycles. The van der Waals surface area contributed by atoms with Gasteiger partial charge in [0, 0.05) is 30.7 Å². The molecule has 0 aliphatic carbocycles. The number of thioether (sulfide) groups is 1. The van der Waals surface area contributed by atoms with E-state index < -0.39 is 11.5 Å². The van der Waals surface area contributed by atoms with Gasteiger partial charge in [0.25, 0.3) is 5.56 Å². The summed E-state index contributed by atoms with van der Waals surface area (Å²) in [6.45, 7) is 0. The molecule has 0 spiro atoms. The predicted octanol–water partition coefficient (Wildman–Crippen LogP) is 3.70. The number of hydrogen-bond acceptors (Lipinski definition) is 6. The monoisotopic (exact) mass is 455 g/mol. The summed E-state index contributed by atoms with van der Waals surface area (Å²) in [7, 11) is 4.81. The van der Waals surface area contributed by atoms with Gasteiger partial charge in [0.05, 0.1) is 19.8 Å². The van der Waals surface area contributed by atoms with Crippen LogP contribution < -0.4 is 20.3 Å². The van der Waals surface area contributed by atoms with Crippen LogP contribution in [0.5, 0.6) is 11.5 Å². The molecule has 1 atom stereocenters. The van der Waals surface area contributed by atoms with E-state index in [0.29, 0.717) is 39.4 Å². The lowest BCUT2D eigenvalue weighted by atomic mass is 9.86. The van der Waals surface area contributed by atoms with Crippen LogP contribution in [0.15, 0.2) is 52.4 Å². The summed E-state index contributed by atoms with van der Waals surface area (Å²) in [6, 6.07) is 11.5. The zero-order valence-corrected chi connectivity index (χ0v) is 18.7. The minimum atomic E-state index is -0.522. The Morgan fingerprint density at radius 3 is 2.59 bits per heavy atom. The predicted molar refractivity (Wildman–Crippen MR) is 120 cm³/mol. The van der Waals surface area contributed by atoms with Crippen molar-refractivity contribution in [1.82, 2.24) is 9.55 Å². The lowest BCUT2D eigenvalue weighted by Crippen LogP contribution is -2.33. The van der Waals surface area contributed by atoms with Crippen molar-refractivity contribution in [2.45, 2.75) is 23.2 Å². The molecular weight excluding hydrogens is 433 g/mol. The van der Waals surface area contributed by atoms with E-state index in [9.17, 15) is 14.0 Å². The molecule has 0 radical (unpaired) electrons. The Morgan fingerprint density at radius 2 is 1.91 bits per heavy atom. The molecule has 4 rings (SSSR count). The number of nitrogens with one attached hydrogen (secondary N) is 1. The molecule has 0 fully saturated rings. The van der Waals surface area contributed by atoms with Gasteiger partial charge in [-0.15, -0.1) is 0 Å². The van der Waals surface area contributed by atoms with Gasteiger partial charge in [-0.3, -0.25) is 9.59 Å². The zero-order chi connectivity index (χ0) is 22.8. The van der Waals surface area contributed by atoms with Crippen LogP contribution in [0, 0.1) is 5.82 Å². The molecule has 9 heteroatoms. The van der Waals surface area contributed by atoms with Crippen molar-refractivity contribution in [3.05, 3.63) is 75.3 Å². The molecular formula is C23H22FN3O4S. The number of amides is 1. The molecule has 2 heterocycles. The molecule has 166 valence electrons. The molecule has 1 amide bonds. The molecule has 0 saturated carbocycles. The van der Waals surface area contributed by atoms with Crippen molar-refractivity contribution in [1.29, 1.82) is 0 Å². The molecule has 1 aliphatic heterocycles. The Balaban J connectivity index is 1.75. The first-order valence-corrected chi connectivity index (χ1v) is 10.9. The van der Waals surface area contributed by atoms with E-state index in [-0.39, 0.29) is 18.1 Å². The van der Waals surface area contributed by atoms with Crippen LogP contribution in [0.1, 0.15) is 29.0 Å². The van der Waals surface area contributed by atoms with Gasteiger partial charge in [0.15, 0.2) is 16.7 Å². The van der Waals surface area contributed by atoms with E-state index in [1.54, 1.807) is 35.9 Å². The van der Waals surface area contributed by atoms with Crippen LogP contribution in [-0.2, 0) is 17.6 Å². The number of fused-ring (bicyclic) bond motifs is 1. The SMILES string of the molecule is COc1cccc([C@@H]2CC(=O)Nc3c2c(=O)nc(SCc2ccc(F)cc2)n3C)c1OC. The lowest BCUT2D eigenvalue weighted by Gasteiger charge is -2.28. The summed E-state index contributed by atoms with van der Waals surface area (Å²) < 4.78 is 25.8. The first kappa shape index (κ1) is 21.9. The quantitative estimate of drug-likeness (QED) is 0.451. The van der Waals surface area contributed by atoms with Crippen molar-refractivity contribution in [3.63, 3.8) is 0 Å². The van der Waals surface area contributed by atoms with Gasteiger partial charge in [-0.05, 0) is 23.8 Å². The molecule has 3 aromatic rings. The number of para-hydroxylation sites is 1. The van der Waals surface area contributed by atoms with E-state index in [1.165, 1.54) is 38.1 Å². The fourth-order valence-corrected chi connectivity index (χ4v) is 4.77. The van der Waals surface area contributed by atoms with Crippen LogP contribution in [-0.4, -0.2) is 29.7 Å². The maximum Gasteiger partial charge on any atom is 0.279 e. The molecule has 1 aromatic heterocycles. The van der Waals surface area contributed by atoms with Gasteiger partial charge in [0.2, 0.25) is 5.91 Å². The highest BCUT2D eigenvalue weighted by Crippen LogP contribution is 2.43. The summed E-state index contributed by atoms with van der Waals surface area (Å²) in [5.74, 6) is 0.887. The first-order valence-electron chi connectivity index (χ1n) is 9.91. The van der Waals surface area contributed by atoms with Crippen molar-refractivity contribution < 1.29 is 18.7 Å². The Labute approximate surface area is 188 Å². The highest BCUT2D eigenvalue weighted by atomic mass is 32.2. The van der Waals surface area contributed by atoms with Crippen LogP contribution in [0.4, 0.5) is 10.2 Å². The van der Waals surface area contributed by atoms with Crippen LogP contribution >= 0.6 is 11.8 Å². The number of halogens is 1. The normalized spacial score (nSPS) is 15.1. The number of hydrogen-bond donors (Lipinski definition) is 1. The number of carbonyl (C=O) groups is 1. The number of nitrogens with zero attached hydrogens (tertiary/aromatic N) is 2. The number of rotatable bonds is 6. The number of carbonyl (C=O) groups excluding carboxylic acids is 1. The molecule has 1 aliphatic rings. The zero-order valence-electron chi connectivity index (χ0n) is 17.8. The van der Waals surface area contributed by atoms with Gasteiger partial charge in [-0.25, -0.2) is 4.39 Å². The van der Waals surface area contributed by atoms with Gasteiger partial charge < -0.3 is 19.4 Å². The van der Waals surface area contributed by atoms with Crippen molar-refractivity contribution in [2.24, 2.45) is 7.05 Å². The number of ether oxygens (including phenoxy) is 2. The number of aromatic nitrogens is 2. The number of methoxy groups -OCH3 is 2. The second kappa shape index (κ2) is 9.04. The maximum atomic E-state index is 13.1. The van der Waals surface area contributed by atoms with Crippen LogP contribution in [0.2, 0.25) is 0 Å². The topological polar surface area (TPSA) is 82.5 Å². The summed E-state index contributed by atoms with van der Waals surface area (Å²) in [6.07, 6.45) is 0.0928. The van der Waals surface area contributed by atoms with Gasteiger partial charge in [-0.1, -0.05) is 36.0 Å². The van der Waals surface area contributed by atoms with Gasteiger partial charge >= 0.3 is 0 Å². The second-order valence-electron chi connectivity index (χ2n) is 7.32. The highest BCUT2D eigenvalue weighted by Gasteiger charge is 2.34. The second-order valence-corrected chi connectivity index (χ2v) is 8.27. The van der Waals surface area contributed by atoms with E-state index in [0.717, 1.165) is 5.56 Å². The smallest absolute Gasteiger partial charge is 0.279 e. The Kier molecular flexibility index (Phi) is 6.18. The average Bonchev–Trinajstić information content (AvgIpc) is 2.80. The Bertz CT molecular complexity index is 1230. The fraction of sp³-hybridized carbons (Fsp3) is 0.261. The third-order valence-corrected chi connectivity index (χ3v) is 6.49. The lowest BCUT2D eigenvalue weighted by molar-refractivity contribution is -0.116. The van der Waals surface area contributed by atoms with Crippen molar-refractivity contribution in [2.75, 3.05) is 19.5 Å². The first-order chi connectivity index (χ1) is 15.4. The molecule has 32 heavy (non-hydrogen) atoms. The molecule has 0 unspecified atom stereocenters. The molecule has 7 nitrogen and oxygen atoms in total. The summed E-state index contributed by atoms with van der Waals surface area (Å²) in [4.78, 5) is 30.0. The third-order valence-electron chi connectivity index (χ3n) is 5.39. The summed E-state index contributed by atoms with van der Waals surface area (Å²) >= 11 is 1.34. The molecule has 1 N–H and O–H groups in total. The summed E-state index contributed by atoms with van der Waals surface area (Å²) in [5, 5.41) is 3.29. The highest BCUT2D eigenvalue weighted by molar-refractivity contribution is 7.98. The third kappa shape index (κ3) is 4.08. The van der Waals surface area contributed by atoms with Gasteiger partial charge in [0.1, 0.15) is 11.6 Å². The van der Waals surface area contributed by atoms with Crippen molar-refractivity contribution in [3.8, 4) is 11.5 Å². The largest absolute Gasteiger partial charge is 0.493 e. The Morgan fingerprint density at radius 1 is 1.16 bits per heavy atom. The molecule has 0 bridgehead atoms. The van der Waals surface area contributed by atoms with E-state index >= 15 is 0 Å². The van der Waals surface area contributed by atoms with E-state index in [4.69, 9.17) is 9.47 Å². The standard InChI is InChI=1S/C23H22FN3O4S/c1-27-21-19(22(29)26-23(27)32-12-13-7-9-14(24)10-8-13)16(11-18(28)25-21)15-5-4-6-17(30-2)20(15)31-3/h4-10,16H,11-12H2,1-3H3,(H,25,28)/t16-/m0/s1. The van der Waals surface area contributed by atoms with E-state index in [2.05, 4.69) is 10.3 Å². The van der Waals surface area contributed by atoms with E-state index in [1.807, 2.05) is 6.07 Å². The fourth-order valence-electron chi connectivity index (χ4n) is 3.84. The minimum Gasteiger partial charge on any atom is -0.493 e. The van der Waals surface area contributed by atoms with Gasteiger partial charge in [-0.2, -0.15) is 4.98 Å². The average molecular weight is 456 g/mol. The minimum absolute atomic E-state index is 0.0928.